The Bertz CT molecular complexity index is 631. The van der Waals surface area contributed by atoms with Gasteiger partial charge in [0.25, 0.3) is 0 Å². The summed E-state index contributed by atoms with van der Waals surface area (Å²) in [5.74, 6) is -0.292. The second kappa shape index (κ2) is 6.43. The van der Waals surface area contributed by atoms with Crippen LogP contribution in [-0.2, 0) is 4.79 Å². The number of amides is 1. The van der Waals surface area contributed by atoms with Crippen molar-refractivity contribution in [2.45, 2.75) is 11.8 Å². The third-order valence-electron chi connectivity index (χ3n) is 2.70. The predicted octanol–water partition coefficient (Wildman–Crippen LogP) is 3.45. The molecule has 0 saturated heterocycles. The largest absolute Gasteiger partial charge is 0.399 e. The van der Waals surface area contributed by atoms with Crippen LogP contribution in [-0.4, -0.2) is 11.7 Å². The minimum absolute atomic E-state index is 0.175. The summed E-state index contributed by atoms with van der Waals surface area (Å²) in [5.41, 5.74) is 7.66. The molecule has 5 heteroatoms. The van der Waals surface area contributed by atoms with Crippen LogP contribution in [0.3, 0.4) is 0 Å². The maximum Gasteiger partial charge on any atom is 0.234 e. The Morgan fingerprint density at radius 1 is 1.30 bits per heavy atom. The highest BCUT2D eigenvalue weighted by atomic mass is 32.2. The average molecular weight is 290 g/mol. The Morgan fingerprint density at radius 2 is 2.10 bits per heavy atom. The molecule has 2 aromatic rings. The van der Waals surface area contributed by atoms with E-state index in [0.29, 0.717) is 11.4 Å². The van der Waals surface area contributed by atoms with Crippen molar-refractivity contribution in [2.75, 3.05) is 16.8 Å². The molecule has 0 atom stereocenters. The lowest BCUT2D eigenvalue weighted by atomic mass is 10.2. The van der Waals surface area contributed by atoms with Crippen LogP contribution in [0.5, 0.6) is 0 Å². The number of nitrogen functional groups attached to an aromatic ring is 1. The number of nitrogens with two attached hydrogens (primary N) is 1. The smallest absolute Gasteiger partial charge is 0.234 e. The van der Waals surface area contributed by atoms with Gasteiger partial charge in [0.1, 0.15) is 5.82 Å². The molecule has 2 aromatic carbocycles. The fraction of sp³-hybridized carbons (Fsp3) is 0.133. The third kappa shape index (κ3) is 3.99. The first-order valence-electron chi connectivity index (χ1n) is 6.09. The molecule has 104 valence electrons. The maximum atomic E-state index is 13.1. The number of carbonyl (C=O) groups is 1. The zero-order valence-corrected chi connectivity index (χ0v) is 11.8. The number of anilines is 2. The molecule has 0 aromatic heterocycles. The van der Waals surface area contributed by atoms with Crippen molar-refractivity contribution in [1.82, 2.24) is 0 Å². The van der Waals surface area contributed by atoms with Gasteiger partial charge in [-0.25, -0.2) is 4.39 Å². The van der Waals surface area contributed by atoms with Crippen LogP contribution < -0.4 is 11.1 Å². The number of hydrogen-bond acceptors (Lipinski definition) is 3. The first-order chi connectivity index (χ1) is 9.54. The maximum absolute atomic E-state index is 13.1. The van der Waals surface area contributed by atoms with Gasteiger partial charge in [-0.3, -0.25) is 4.79 Å². The van der Waals surface area contributed by atoms with Gasteiger partial charge in [0.05, 0.1) is 5.75 Å². The molecule has 0 heterocycles. The lowest BCUT2D eigenvalue weighted by Crippen LogP contribution is -2.15. The number of thioether (sulfide) groups is 1. The van der Waals surface area contributed by atoms with E-state index in [4.69, 9.17) is 5.73 Å². The highest BCUT2D eigenvalue weighted by molar-refractivity contribution is 8.00. The van der Waals surface area contributed by atoms with Crippen LogP contribution in [0.15, 0.2) is 47.4 Å². The molecule has 0 unspecified atom stereocenters. The first-order valence-corrected chi connectivity index (χ1v) is 7.07. The number of benzene rings is 2. The van der Waals surface area contributed by atoms with Crippen LogP contribution in [0.25, 0.3) is 0 Å². The number of hydrogen-bond donors (Lipinski definition) is 2. The number of nitrogens with one attached hydrogen (secondary N) is 1. The number of rotatable bonds is 4. The van der Waals surface area contributed by atoms with Crippen LogP contribution in [0, 0.1) is 12.7 Å². The first kappa shape index (κ1) is 14.4. The van der Waals surface area contributed by atoms with Crippen molar-refractivity contribution in [3.05, 3.63) is 53.8 Å². The molecule has 20 heavy (non-hydrogen) atoms. The molecular weight excluding hydrogens is 275 g/mol. The van der Waals surface area contributed by atoms with Crippen molar-refractivity contribution >= 4 is 29.0 Å². The molecule has 2 rings (SSSR count). The molecule has 3 N–H and O–H groups in total. The van der Waals surface area contributed by atoms with Gasteiger partial charge in [-0.1, -0.05) is 12.1 Å². The Balaban J connectivity index is 1.94. The zero-order valence-electron chi connectivity index (χ0n) is 11.0. The van der Waals surface area contributed by atoms with Crippen LogP contribution in [0.4, 0.5) is 15.8 Å². The topological polar surface area (TPSA) is 55.1 Å². The van der Waals surface area contributed by atoms with Gasteiger partial charge < -0.3 is 11.1 Å². The van der Waals surface area contributed by atoms with E-state index < -0.39 is 0 Å². The van der Waals surface area contributed by atoms with E-state index in [1.54, 1.807) is 12.1 Å². The molecule has 0 bridgehead atoms. The normalized spacial score (nSPS) is 10.3. The summed E-state index contributed by atoms with van der Waals surface area (Å²) >= 11 is 1.39. The van der Waals surface area contributed by atoms with Crippen molar-refractivity contribution in [3.63, 3.8) is 0 Å². The Morgan fingerprint density at radius 3 is 2.85 bits per heavy atom. The summed E-state index contributed by atoms with van der Waals surface area (Å²) in [7, 11) is 0. The molecule has 0 spiro atoms. The quantitative estimate of drug-likeness (QED) is 0.670. The summed E-state index contributed by atoms with van der Waals surface area (Å²) in [5, 5.41) is 2.70. The Labute approximate surface area is 121 Å². The summed E-state index contributed by atoms with van der Waals surface area (Å²) in [6.45, 7) is 1.82. The number of carbonyl (C=O) groups excluding carboxylic acids is 1. The summed E-state index contributed by atoms with van der Waals surface area (Å²) in [6.07, 6.45) is 0. The van der Waals surface area contributed by atoms with Crippen molar-refractivity contribution in [1.29, 1.82) is 0 Å². The lowest BCUT2D eigenvalue weighted by Gasteiger charge is -2.08. The van der Waals surface area contributed by atoms with E-state index in [9.17, 15) is 9.18 Å². The average Bonchev–Trinajstić information content (AvgIpc) is 2.41. The van der Waals surface area contributed by atoms with Gasteiger partial charge in [0.15, 0.2) is 0 Å². The number of aryl methyl sites for hydroxylation is 1. The van der Waals surface area contributed by atoms with Crippen molar-refractivity contribution < 1.29 is 9.18 Å². The molecular formula is C15H15FN2OS. The highest BCUT2D eigenvalue weighted by Crippen LogP contribution is 2.21. The molecule has 0 fully saturated rings. The van der Waals surface area contributed by atoms with Crippen molar-refractivity contribution in [3.8, 4) is 0 Å². The van der Waals surface area contributed by atoms with Gasteiger partial charge in [-0.2, -0.15) is 0 Å². The van der Waals surface area contributed by atoms with E-state index in [-0.39, 0.29) is 17.5 Å². The second-order valence-corrected chi connectivity index (χ2v) is 5.42. The summed E-state index contributed by atoms with van der Waals surface area (Å²) < 4.78 is 13.1. The zero-order chi connectivity index (χ0) is 14.5. The molecule has 0 saturated carbocycles. The van der Waals surface area contributed by atoms with Crippen molar-refractivity contribution in [2.24, 2.45) is 0 Å². The monoisotopic (exact) mass is 290 g/mol. The van der Waals surface area contributed by atoms with Crippen LogP contribution in [0.1, 0.15) is 5.56 Å². The third-order valence-corrected chi connectivity index (χ3v) is 3.70. The van der Waals surface area contributed by atoms with Gasteiger partial charge >= 0.3 is 0 Å². The van der Waals surface area contributed by atoms with E-state index in [1.807, 2.05) is 25.1 Å². The molecule has 0 aliphatic carbocycles. The van der Waals surface area contributed by atoms with E-state index in [1.165, 1.54) is 23.9 Å². The summed E-state index contributed by atoms with van der Waals surface area (Å²) in [6, 6.07) is 11.7. The van der Waals surface area contributed by atoms with Gasteiger partial charge in [0, 0.05) is 16.3 Å². The highest BCUT2D eigenvalue weighted by Gasteiger charge is 2.07. The van der Waals surface area contributed by atoms with Gasteiger partial charge in [-0.15, -0.1) is 11.8 Å². The minimum Gasteiger partial charge on any atom is -0.399 e. The van der Waals surface area contributed by atoms with Gasteiger partial charge in [0.2, 0.25) is 5.91 Å². The SMILES string of the molecule is Cc1ccc(F)cc1NC(=O)CSc1cccc(N)c1. The second-order valence-electron chi connectivity index (χ2n) is 4.37. The van der Waals surface area contributed by atoms with E-state index in [0.717, 1.165) is 10.5 Å². The number of halogens is 1. The molecule has 0 aliphatic heterocycles. The fourth-order valence-electron chi connectivity index (χ4n) is 1.67. The van der Waals surface area contributed by atoms with E-state index in [2.05, 4.69) is 5.32 Å². The van der Waals surface area contributed by atoms with Gasteiger partial charge in [-0.05, 0) is 42.8 Å². The predicted molar refractivity (Wildman–Crippen MR) is 81.3 cm³/mol. The molecule has 0 radical (unpaired) electrons. The Hall–Kier alpha value is -2.01. The molecule has 1 amide bonds. The fourth-order valence-corrected chi connectivity index (χ4v) is 2.43. The van der Waals surface area contributed by atoms with Crippen LogP contribution in [0.2, 0.25) is 0 Å². The summed E-state index contributed by atoms with van der Waals surface area (Å²) in [4.78, 5) is 12.8. The minimum atomic E-state index is -0.366. The standard InChI is InChI=1S/C15H15FN2OS/c1-10-5-6-11(16)7-14(10)18-15(19)9-20-13-4-2-3-12(17)8-13/h2-8H,9,17H2,1H3,(H,18,19). The molecule has 3 nitrogen and oxygen atoms in total. The van der Waals surface area contributed by atoms with E-state index >= 15 is 0 Å². The van der Waals surface area contributed by atoms with Crippen LogP contribution >= 0.6 is 11.8 Å². The lowest BCUT2D eigenvalue weighted by molar-refractivity contribution is -0.113. The Kier molecular flexibility index (Phi) is 4.63. The molecule has 0 aliphatic rings.